The number of benzene rings is 2. The number of anilines is 3. The van der Waals surface area contributed by atoms with Gasteiger partial charge < -0.3 is 19.3 Å². The Kier molecular flexibility index (Phi) is 5.85. The van der Waals surface area contributed by atoms with Crippen LogP contribution < -0.4 is 15.2 Å². The van der Waals surface area contributed by atoms with Crippen LogP contribution in [0.25, 0.3) is 10.8 Å². The molecule has 2 saturated heterocycles. The van der Waals surface area contributed by atoms with Crippen molar-refractivity contribution in [1.82, 2.24) is 15.0 Å². The van der Waals surface area contributed by atoms with E-state index in [4.69, 9.17) is 14.5 Å². The standard InChI is InChI=1S/C22H25N7O2/c1-2-4-19-15-17(5-6-18(19)3-1)16-23-27-20-24-21(28-7-11-30-12-8-28)26-22(25-20)29-9-13-31-14-10-29/h1-6,15-16H,7-14H2,(H,24,25,26,27)/b23-16-. The lowest BCUT2D eigenvalue weighted by atomic mass is 10.1. The third kappa shape index (κ3) is 4.73. The first-order valence-corrected chi connectivity index (χ1v) is 10.5. The Balaban J connectivity index is 1.37. The molecule has 0 bridgehead atoms. The molecule has 0 amide bonds. The van der Waals surface area contributed by atoms with E-state index >= 15 is 0 Å². The van der Waals surface area contributed by atoms with Crippen molar-refractivity contribution in [2.45, 2.75) is 0 Å². The van der Waals surface area contributed by atoms with Gasteiger partial charge in [-0.2, -0.15) is 20.1 Å². The molecule has 0 aliphatic carbocycles. The molecule has 31 heavy (non-hydrogen) atoms. The fourth-order valence-electron chi connectivity index (χ4n) is 3.67. The van der Waals surface area contributed by atoms with Crippen molar-refractivity contribution in [2.24, 2.45) is 5.10 Å². The summed E-state index contributed by atoms with van der Waals surface area (Å²) in [4.78, 5) is 18.1. The van der Waals surface area contributed by atoms with Crippen LogP contribution in [0, 0.1) is 0 Å². The minimum absolute atomic E-state index is 0.426. The maximum absolute atomic E-state index is 5.46. The van der Waals surface area contributed by atoms with E-state index in [0.29, 0.717) is 44.3 Å². The second kappa shape index (κ2) is 9.23. The molecule has 1 aromatic heterocycles. The zero-order valence-corrected chi connectivity index (χ0v) is 17.3. The number of aromatic nitrogens is 3. The second-order valence-corrected chi connectivity index (χ2v) is 7.43. The van der Waals surface area contributed by atoms with Crippen LogP contribution in [0.4, 0.5) is 17.8 Å². The van der Waals surface area contributed by atoms with E-state index in [1.807, 2.05) is 18.2 Å². The van der Waals surface area contributed by atoms with E-state index in [1.165, 1.54) is 10.8 Å². The Morgan fingerprint density at radius 3 is 2.03 bits per heavy atom. The van der Waals surface area contributed by atoms with Gasteiger partial charge in [0, 0.05) is 26.2 Å². The van der Waals surface area contributed by atoms with Crippen LogP contribution in [-0.4, -0.2) is 73.8 Å². The predicted molar refractivity (Wildman–Crippen MR) is 121 cm³/mol. The van der Waals surface area contributed by atoms with Gasteiger partial charge in [-0.3, -0.25) is 0 Å². The van der Waals surface area contributed by atoms with Gasteiger partial charge in [0.25, 0.3) is 0 Å². The van der Waals surface area contributed by atoms with Gasteiger partial charge >= 0.3 is 0 Å². The maximum Gasteiger partial charge on any atom is 0.250 e. The molecule has 0 unspecified atom stereocenters. The molecule has 160 valence electrons. The zero-order valence-electron chi connectivity index (χ0n) is 17.3. The Morgan fingerprint density at radius 2 is 1.39 bits per heavy atom. The number of rotatable bonds is 5. The van der Waals surface area contributed by atoms with Crippen LogP contribution in [0.5, 0.6) is 0 Å². The molecule has 2 aliphatic rings. The number of nitrogens with zero attached hydrogens (tertiary/aromatic N) is 6. The monoisotopic (exact) mass is 419 g/mol. The van der Waals surface area contributed by atoms with E-state index in [-0.39, 0.29) is 0 Å². The first-order chi connectivity index (χ1) is 15.3. The Morgan fingerprint density at radius 1 is 0.774 bits per heavy atom. The SMILES string of the molecule is C(=N/Nc1nc(N2CCOCC2)nc(N2CCOCC2)n1)/c1ccc2ccccc2c1. The summed E-state index contributed by atoms with van der Waals surface area (Å²) in [7, 11) is 0. The van der Waals surface area contributed by atoms with Gasteiger partial charge in [0.1, 0.15) is 0 Å². The van der Waals surface area contributed by atoms with Gasteiger partial charge in [0.2, 0.25) is 17.8 Å². The second-order valence-electron chi connectivity index (χ2n) is 7.43. The molecule has 3 heterocycles. The van der Waals surface area contributed by atoms with Crippen LogP contribution in [0.15, 0.2) is 47.6 Å². The summed E-state index contributed by atoms with van der Waals surface area (Å²) in [5.41, 5.74) is 3.99. The molecule has 1 N–H and O–H groups in total. The normalized spacial score (nSPS) is 17.4. The molecule has 3 aromatic rings. The molecule has 9 heteroatoms. The third-order valence-electron chi connectivity index (χ3n) is 5.35. The summed E-state index contributed by atoms with van der Waals surface area (Å²) < 4.78 is 10.9. The van der Waals surface area contributed by atoms with Crippen molar-refractivity contribution >= 4 is 34.8 Å². The van der Waals surface area contributed by atoms with Gasteiger partial charge in [-0.25, -0.2) is 5.43 Å². The third-order valence-corrected chi connectivity index (χ3v) is 5.35. The zero-order chi connectivity index (χ0) is 20.9. The van der Waals surface area contributed by atoms with Crippen LogP contribution in [-0.2, 0) is 9.47 Å². The predicted octanol–water partition coefficient (Wildman–Crippen LogP) is 2.14. The largest absolute Gasteiger partial charge is 0.378 e. The topological polar surface area (TPSA) is 88.0 Å². The summed E-state index contributed by atoms with van der Waals surface area (Å²) in [6.07, 6.45) is 1.78. The number of hydrogen-bond donors (Lipinski definition) is 1. The molecule has 0 saturated carbocycles. The lowest BCUT2D eigenvalue weighted by Gasteiger charge is -2.30. The molecular weight excluding hydrogens is 394 g/mol. The minimum atomic E-state index is 0.426. The molecule has 5 rings (SSSR count). The highest BCUT2D eigenvalue weighted by Crippen LogP contribution is 2.19. The Hall–Kier alpha value is -3.30. The lowest BCUT2D eigenvalue weighted by molar-refractivity contribution is 0.121. The fourth-order valence-corrected chi connectivity index (χ4v) is 3.67. The molecule has 0 radical (unpaired) electrons. The summed E-state index contributed by atoms with van der Waals surface area (Å²) in [6.45, 7) is 5.70. The first kappa shape index (κ1) is 19.7. The van der Waals surface area contributed by atoms with Crippen molar-refractivity contribution in [1.29, 1.82) is 0 Å². The smallest absolute Gasteiger partial charge is 0.250 e. The average molecular weight is 419 g/mol. The molecule has 2 fully saturated rings. The molecule has 2 aliphatic heterocycles. The number of nitrogens with one attached hydrogen (secondary N) is 1. The Bertz CT molecular complexity index is 1030. The molecule has 9 nitrogen and oxygen atoms in total. The van der Waals surface area contributed by atoms with Gasteiger partial charge in [0.15, 0.2) is 0 Å². The van der Waals surface area contributed by atoms with Crippen LogP contribution in [0.2, 0.25) is 0 Å². The summed E-state index contributed by atoms with van der Waals surface area (Å²) in [5.74, 6) is 1.71. The molecule has 0 atom stereocenters. The fraction of sp³-hybridized carbons (Fsp3) is 0.364. The number of ether oxygens (including phenoxy) is 2. The average Bonchev–Trinajstić information content (AvgIpc) is 2.85. The number of hydrogen-bond acceptors (Lipinski definition) is 9. The highest BCUT2D eigenvalue weighted by molar-refractivity contribution is 5.90. The minimum Gasteiger partial charge on any atom is -0.378 e. The summed E-state index contributed by atoms with van der Waals surface area (Å²) >= 11 is 0. The Labute approximate surface area is 180 Å². The van der Waals surface area contributed by atoms with Crippen molar-refractivity contribution < 1.29 is 9.47 Å². The van der Waals surface area contributed by atoms with Gasteiger partial charge in [-0.15, -0.1) is 0 Å². The highest BCUT2D eigenvalue weighted by atomic mass is 16.5. The van der Waals surface area contributed by atoms with Crippen LogP contribution >= 0.6 is 0 Å². The number of fused-ring (bicyclic) bond motifs is 1. The highest BCUT2D eigenvalue weighted by Gasteiger charge is 2.20. The van der Waals surface area contributed by atoms with Crippen molar-refractivity contribution in [3.63, 3.8) is 0 Å². The van der Waals surface area contributed by atoms with Crippen molar-refractivity contribution in [3.8, 4) is 0 Å². The van der Waals surface area contributed by atoms with Crippen molar-refractivity contribution in [2.75, 3.05) is 67.8 Å². The summed E-state index contributed by atoms with van der Waals surface area (Å²) in [5, 5.41) is 6.76. The number of morpholine rings is 2. The van der Waals surface area contributed by atoms with Crippen LogP contribution in [0.3, 0.4) is 0 Å². The number of hydrazone groups is 1. The van der Waals surface area contributed by atoms with E-state index in [2.05, 4.69) is 54.6 Å². The van der Waals surface area contributed by atoms with Crippen molar-refractivity contribution in [3.05, 3.63) is 48.0 Å². The van der Waals surface area contributed by atoms with Gasteiger partial charge in [0.05, 0.1) is 32.6 Å². The molecule has 0 spiro atoms. The quantitative estimate of drug-likeness (QED) is 0.497. The summed E-state index contributed by atoms with van der Waals surface area (Å²) in [6, 6.07) is 14.5. The lowest BCUT2D eigenvalue weighted by Crippen LogP contribution is -2.40. The maximum atomic E-state index is 5.46. The van der Waals surface area contributed by atoms with E-state index in [9.17, 15) is 0 Å². The van der Waals surface area contributed by atoms with Gasteiger partial charge in [-0.05, 0) is 22.4 Å². The van der Waals surface area contributed by atoms with E-state index < -0.39 is 0 Å². The molecular formula is C22H25N7O2. The van der Waals surface area contributed by atoms with Crippen LogP contribution in [0.1, 0.15) is 5.56 Å². The molecule has 2 aromatic carbocycles. The van der Waals surface area contributed by atoms with E-state index in [1.54, 1.807) is 6.21 Å². The van der Waals surface area contributed by atoms with E-state index in [0.717, 1.165) is 31.7 Å². The first-order valence-electron chi connectivity index (χ1n) is 10.5. The van der Waals surface area contributed by atoms with Gasteiger partial charge in [-0.1, -0.05) is 36.4 Å².